The summed E-state index contributed by atoms with van der Waals surface area (Å²) in [6.45, 7) is 2.30. The summed E-state index contributed by atoms with van der Waals surface area (Å²) in [4.78, 5) is 29.6. The molecule has 0 spiro atoms. The van der Waals surface area contributed by atoms with Crippen molar-refractivity contribution in [2.45, 2.75) is 87.7 Å². The van der Waals surface area contributed by atoms with Gasteiger partial charge < -0.3 is 24.7 Å². The lowest BCUT2D eigenvalue weighted by Gasteiger charge is -2.43. The number of amides is 1. The number of hydrogen-bond acceptors (Lipinski definition) is 8. The van der Waals surface area contributed by atoms with E-state index in [0.717, 1.165) is 32.2 Å². The van der Waals surface area contributed by atoms with Gasteiger partial charge in [0.15, 0.2) is 5.82 Å². The fourth-order valence-corrected chi connectivity index (χ4v) is 10.0. The summed E-state index contributed by atoms with van der Waals surface area (Å²) < 4.78 is 53.1. The molecule has 4 atom stereocenters. The number of aromatic nitrogens is 2. The van der Waals surface area contributed by atoms with E-state index in [2.05, 4.69) is 25.6 Å². The number of ether oxygens (including phenoxy) is 1. The number of anilines is 1. The molecule has 1 amide bonds. The molecule has 12 heteroatoms. The van der Waals surface area contributed by atoms with E-state index in [4.69, 9.17) is 16.1 Å². The Labute approximate surface area is 305 Å². The molecule has 4 saturated heterocycles. The van der Waals surface area contributed by atoms with Crippen molar-refractivity contribution in [3.8, 4) is 35.2 Å². The zero-order chi connectivity index (χ0) is 36.6. The molecule has 2 N–H and O–H groups in total. The number of aliphatic hydroxyl groups excluding tert-OH is 1. The van der Waals surface area contributed by atoms with Crippen LogP contribution >= 0.6 is 0 Å². The van der Waals surface area contributed by atoms with Gasteiger partial charge in [0.25, 0.3) is 0 Å². The first-order valence-corrected chi connectivity index (χ1v) is 18.8. The van der Waals surface area contributed by atoms with Gasteiger partial charge in [0, 0.05) is 60.4 Å². The van der Waals surface area contributed by atoms with Crippen molar-refractivity contribution in [2.75, 3.05) is 37.7 Å². The maximum Gasteiger partial charge on any atom is 0.319 e. The van der Waals surface area contributed by atoms with Crippen molar-refractivity contribution in [1.29, 1.82) is 0 Å². The Kier molecular flexibility index (Phi) is 8.42. The number of rotatable bonds is 6. The third kappa shape index (κ3) is 5.75. The minimum Gasteiger partial charge on any atom is -0.508 e. The summed E-state index contributed by atoms with van der Waals surface area (Å²) in [7, 11) is 0. The third-order valence-corrected chi connectivity index (χ3v) is 12.6. The molecule has 2 unspecified atom stereocenters. The molecule has 5 fully saturated rings. The van der Waals surface area contributed by atoms with Crippen LogP contribution in [0.2, 0.25) is 0 Å². The van der Waals surface area contributed by atoms with Crippen molar-refractivity contribution in [3.63, 3.8) is 0 Å². The number of alkyl halides is 1. The second kappa shape index (κ2) is 13.1. The first kappa shape index (κ1) is 34.2. The smallest absolute Gasteiger partial charge is 0.319 e. The van der Waals surface area contributed by atoms with Crippen LogP contribution in [-0.4, -0.2) is 98.6 Å². The molecule has 0 radical (unpaired) electrons. The molecular weight excluding hydrogens is 683 g/mol. The molecule has 3 aromatic carbocycles. The highest BCUT2D eigenvalue weighted by Gasteiger charge is 2.50. The number of phenolic OH excluding ortho intramolecular Hbond substituents is 1. The van der Waals surface area contributed by atoms with E-state index >= 15 is 4.39 Å². The summed E-state index contributed by atoms with van der Waals surface area (Å²) in [5.74, 6) is 1.46. The number of halogens is 3. The zero-order valence-electron chi connectivity index (χ0n) is 29.4. The molecule has 9 nitrogen and oxygen atoms in total. The molecule has 1 saturated carbocycles. The van der Waals surface area contributed by atoms with Gasteiger partial charge >= 0.3 is 6.01 Å². The first-order chi connectivity index (χ1) is 25.6. The van der Waals surface area contributed by atoms with Gasteiger partial charge in [0.05, 0.1) is 17.2 Å². The molecule has 9 rings (SSSR count). The van der Waals surface area contributed by atoms with Crippen LogP contribution in [0.4, 0.5) is 19.0 Å². The minimum atomic E-state index is -0.949. The van der Waals surface area contributed by atoms with Crippen LogP contribution in [0.3, 0.4) is 0 Å². The number of carbonyl (C=O) groups excluding carboxylic acids is 1. The van der Waals surface area contributed by atoms with Crippen LogP contribution < -0.4 is 9.64 Å². The topological polar surface area (TPSA) is 102 Å². The third-order valence-electron chi connectivity index (χ3n) is 12.6. The zero-order valence-corrected chi connectivity index (χ0v) is 29.4. The summed E-state index contributed by atoms with van der Waals surface area (Å²) in [5.41, 5.74) is -0.245. The summed E-state index contributed by atoms with van der Waals surface area (Å²) in [6.07, 6.45) is 10.8. The van der Waals surface area contributed by atoms with E-state index in [9.17, 15) is 23.8 Å². The van der Waals surface area contributed by atoms with Crippen molar-refractivity contribution < 1.29 is 32.9 Å². The molecule has 2 bridgehead atoms. The standard InChI is InChI=1S/C41H42F3N5O4/c1-2-30-34(43)13-6-24-16-29(51)17-33(35(24)30)31-11-12-32-37(36(31)44)45-40(53-22-41-14-3-15-48(41)19-25(42)18-41)46-38(32)47-20-26-7-8-27(21-47)49(26)39(52)23-4-9-28(50)10-5-23/h1,6,11-13,16-17,23,25-28,50-51H,3-5,7-10,14-15,18-22H2/t23-,25-,26?,27?,28+,41+/m1/s1. The monoisotopic (exact) mass is 725 g/mol. The highest BCUT2D eigenvalue weighted by Crippen LogP contribution is 2.43. The van der Waals surface area contributed by atoms with Gasteiger partial charge in [0.1, 0.15) is 35.7 Å². The number of hydrogen-bond donors (Lipinski definition) is 2. The maximum absolute atomic E-state index is 17.1. The number of carbonyl (C=O) groups is 1. The predicted molar refractivity (Wildman–Crippen MR) is 194 cm³/mol. The van der Waals surface area contributed by atoms with E-state index in [1.165, 1.54) is 24.3 Å². The number of terminal acetylenes is 1. The summed E-state index contributed by atoms with van der Waals surface area (Å²) in [6, 6.07) is 8.72. The number of phenols is 1. The van der Waals surface area contributed by atoms with Crippen molar-refractivity contribution in [3.05, 3.63) is 53.6 Å². The van der Waals surface area contributed by atoms with Crippen LogP contribution in [0.25, 0.3) is 32.8 Å². The quantitative estimate of drug-likeness (QED) is 0.230. The van der Waals surface area contributed by atoms with E-state index in [1.807, 2.05) is 0 Å². The summed E-state index contributed by atoms with van der Waals surface area (Å²) in [5, 5.41) is 21.9. The van der Waals surface area contributed by atoms with E-state index < -0.39 is 23.3 Å². The SMILES string of the molecule is C#Cc1c(F)ccc2cc(O)cc(-c3ccc4c(N5CC6CCC(C5)N6C(=O)[C@H]5CC[C@@H](O)CC5)nc(OC[C@@]56CCCN5C[C@H](F)C6)nc4c3F)c12. The molecule has 5 heterocycles. The number of nitrogens with zero attached hydrogens (tertiary/aromatic N) is 5. The van der Waals surface area contributed by atoms with E-state index in [-0.39, 0.29) is 70.6 Å². The highest BCUT2D eigenvalue weighted by molar-refractivity contribution is 6.04. The molecule has 5 aliphatic rings. The van der Waals surface area contributed by atoms with Gasteiger partial charge in [0.2, 0.25) is 5.91 Å². The second-order valence-electron chi connectivity index (χ2n) is 15.7. The largest absolute Gasteiger partial charge is 0.508 e. The minimum absolute atomic E-state index is 0.0140. The van der Waals surface area contributed by atoms with Crippen molar-refractivity contribution in [1.82, 2.24) is 19.8 Å². The molecule has 4 aliphatic heterocycles. The van der Waals surface area contributed by atoms with Gasteiger partial charge in [-0.25, -0.2) is 13.2 Å². The lowest BCUT2D eigenvalue weighted by atomic mass is 9.86. The number of aromatic hydroxyl groups is 1. The molecule has 276 valence electrons. The normalized spacial score (nSPS) is 28.5. The van der Waals surface area contributed by atoms with Crippen LogP contribution in [0, 0.1) is 29.9 Å². The first-order valence-electron chi connectivity index (χ1n) is 18.8. The van der Waals surface area contributed by atoms with Crippen LogP contribution in [0.1, 0.15) is 63.4 Å². The lowest BCUT2D eigenvalue weighted by molar-refractivity contribution is -0.140. The fourth-order valence-electron chi connectivity index (χ4n) is 10.0. The second-order valence-corrected chi connectivity index (χ2v) is 15.7. The van der Waals surface area contributed by atoms with Gasteiger partial charge in [-0.05, 0) is 93.1 Å². The van der Waals surface area contributed by atoms with Gasteiger partial charge in [-0.15, -0.1) is 6.42 Å². The van der Waals surface area contributed by atoms with Gasteiger partial charge in [-0.1, -0.05) is 18.1 Å². The van der Waals surface area contributed by atoms with Gasteiger partial charge in [-0.3, -0.25) is 9.69 Å². The average Bonchev–Trinajstić information content (AvgIpc) is 3.77. The number of benzene rings is 3. The van der Waals surface area contributed by atoms with Crippen LogP contribution in [0.5, 0.6) is 11.8 Å². The Balaban J connectivity index is 1.12. The van der Waals surface area contributed by atoms with Crippen molar-refractivity contribution in [2.24, 2.45) is 5.92 Å². The van der Waals surface area contributed by atoms with Crippen LogP contribution in [0.15, 0.2) is 36.4 Å². The molecule has 4 aromatic rings. The number of piperazine rings is 1. The Bertz CT molecular complexity index is 2160. The number of fused-ring (bicyclic) bond motifs is 5. The molecule has 1 aliphatic carbocycles. The number of aliphatic hydroxyl groups is 1. The van der Waals surface area contributed by atoms with Gasteiger partial charge in [-0.2, -0.15) is 9.97 Å². The molecular formula is C41H42F3N5O4. The van der Waals surface area contributed by atoms with E-state index in [0.29, 0.717) is 73.7 Å². The Morgan fingerprint density at radius 2 is 1.77 bits per heavy atom. The lowest BCUT2D eigenvalue weighted by Crippen LogP contribution is -2.57. The highest BCUT2D eigenvalue weighted by atomic mass is 19.1. The Hall–Kier alpha value is -4.60. The van der Waals surface area contributed by atoms with Crippen molar-refractivity contribution >= 4 is 33.4 Å². The molecule has 1 aromatic heterocycles. The maximum atomic E-state index is 17.1. The summed E-state index contributed by atoms with van der Waals surface area (Å²) >= 11 is 0. The fraction of sp³-hybridized carbons (Fsp3) is 0.488. The Morgan fingerprint density at radius 3 is 2.53 bits per heavy atom. The van der Waals surface area contributed by atoms with Crippen LogP contribution in [-0.2, 0) is 4.79 Å². The predicted octanol–water partition coefficient (Wildman–Crippen LogP) is 6.10. The van der Waals surface area contributed by atoms with E-state index in [1.54, 1.807) is 12.1 Å². The Morgan fingerprint density at radius 1 is 1.00 bits per heavy atom. The average molecular weight is 726 g/mol. The molecule has 53 heavy (non-hydrogen) atoms.